The number of carbonyl (C=O) groups excluding carboxylic acids is 3. The Hall–Kier alpha value is -5.08. The highest BCUT2D eigenvalue weighted by atomic mass is 35.5. The molecule has 0 saturated heterocycles. The molecule has 0 spiro atoms. The zero-order chi connectivity index (χ0) is 54.6. The smallest absolute Gasteiger partial charge is 0.395 e. The minimum atomic E-state index is -4.52. The lowest BCUT2D eigenvalue weighted by molar-refractivity contribution is -0.196. The predicted molar refractivity (Wildman–Crippen MR) is 263 cm³/mol. The number of hydrogen-bond acceptors (Lipinski definition) is 9. The van der Waals surface area contributed by atoms with E-state index < -0.39 is 71.4 Å². The van der Waals surface area contributed by atoms with E-state index in [1.165, 1.54) is 6.20 Å². The molecule has 11 nitrogen and oxygen atoms in total. The summed E-state index contributed by atoms with van der Waals surface area (Å²) in [6, 6.07) is 12.6. The monoisotopic (exact) mass is 1070 g/mol. The second kappa shape index (κ2) is 25.9. The molecule has 2 unspecified atom stereocenters. The minimum Gasteiger partial charge on any atom is -0.481 e. The van der Waals surface area contributed by atoms with E-state index in [1.54, 1.807) is 31.2 Å². The average molecular weight is 1070 g/mol. The molecule has 0 radical (unpaired) electrons. The number of aromatic nitrogens is 2. The molecule has 400 valence electrons. The summed E-state index contributed by atoms with van der Waals surface area (Å²) in [5, 5.41) is 12.6. The van der Waals surface area contributed by atoms with Crippen molar-refractivity contribution in [2.45, 2.75) is 114 Å². The first-order valence-corrected chi connectivity index (χ1v) is 24.4. The van der Waals surface area contributed by atoms with Crippen molar-refractivity contribution in [3.05, 3.63) is 128 Å². The topological polar surface area (TPSA) is 159 Å². The Bertz CT molecular complexity index is 2540. The Labute approximate surface area is 430 Å². The lowest BCUT2D eigenvalue weighted by atomic mass is 9.80. The number of carboxylic acid groups (broad SMARTS) is 1. The first-order valence-electron chi connectivity index (χ1n) is 23.6. The van der Waals surface area contributed by atoms with Gasteiger partial charge in [0, 0.05) is 89.8 Å². The molecule has 4 N–H and O–H groups in total. The summed E-state index contributed by atoms with van der Waals surface area (Å²) in [5.41, 5.74) is 4.71. The number of carboxylic acids is 1. The molecule has 6 rings (SSSR count). The van der Waals surface area contributed by atoms with Gasteiger partial charge in [-0.25, -0.2) is 8.78 Å². The van der Waals surface area contributed by atoms with Crippen molar-refractivity contribution in [3.63, 3.8) is 0 Å². The van der Waals surface area contributed by atoms with Crippen LogP contribution in [0.1, 0.15) is 120 Å². The third kappa shape index (κ3) is 16.2. The molecule has 2 saturated carbocycles. The number of nitrogens with two attached hydrogens (primary N) is 1. The van der Waals surface area contributed by atoms with Crippen LogP contribution in [0.3, 0.4) is 0 Å². The van der Waals surface area contributed by atoms with Gasteiger partial charge in [-0.2, -0.15) is 26.3 Å². The second-order valence-corrected chi connectivity index (χ2v) is 19.8. The number of pyridine rings is 2. The molecular formula is C52H62Cl2F8N6O5. The quantitative estimate of drug-likeness (QED) is 0.0542. The first-order chi connectivity index (χ1) is 34.1. The molecule has 2 fully saturated rings. The Kier molecular flexibility index (Phi) is 21.5. The normalized spacial score (nSPS) is 16.2. The van der Waals surface area contributed by atoms with Crippen LogP contribution >= 0.6 is 23.2 Å². The average Bonchev–Trinajstić information content (AvgIpc) is 4.27. The molecule has 2 aromatic heterocycles. The molecule has 2 heterocycles. The number of nitrogens with zero attached hydrogens (tertiary/aromatic N) is 4. The lowest BCUT2D eigenvalue weighted by Crippen LogP contribution is -2.42. The Morgan fingerprint density at radius 2 is 1.07 bits per heavy atom. The third-order valence-electron chi connectivity index (χ3n) is 13.6. The van der Waals surface area contributed by atoms with E-state index in [-0.39, 0.29) is 67.0 Å². The van der Waals surface area contributed by atoms with E-state index in [1.807, 2.05) is 52.1 Å². The van der Waals surface area contributed by atoms with Gasteiger partial charge in [0.1, 0.15) is 11.6 Å². The summed E-state index contributed by atoms with van der Waals surface area (Å²) in [4.78, 5) is 58.3. The summed E-state index contributed by atoms with van der Waals surface area (Å²) >= 11 is 12.6. The van der Waals surface area contributed by atoms with Crippen molar-refractivity contribution in [1.82, 2.24) is 25.1 Å². The fraction of sp³-hybridized carbons (Fsp3) is 0.500. The molecule has 21 heteroatoms. The second-order valence-electron chi connectivity index (χ2n) is 18.9. The third-order valence-corrected chi connectivity index (χ3v) is 14.3. The van der Waals surface area contributed by atoms with Gasteiger partial charge in [0.15, 0.2) is 11.6 Å². The highest BCUT2D eigenvalue weighted by Gasteiger charge is 2.68. The van der Waals surface area contributed by atoms with Crippen molar-refractivity contribution in [3.8, 4) is 0 Å². The number of alkyl halides is 6. The highest BCUT2D eigenvalue weighted by molar-refractivity contribution is 6.32. The van der Waals surface area contributed by atoms with E-state index >= 15 is 0 Å². The van der Waals surface area contributed by atoms with Gasteiger partial charge in [-0.3, -0.25) is 29.1 Å². The number of rotatable bonds is 21. The predicted octanol–water partition coefficient (Wildman–Crippen LogP) is 11.1. The van der Waals surface area contributed by atoms with E-state index in [0.29, 0.717) is 47.0 Å². The molecule has 2 aliphatic carbocycles. The van der Waals surface area contributed by atoms with Crippen molar-refractivity contribution in [1.29, 1.82) is 0 Å². The summed E-state index contributed by atoms with van der Waals surface area (Å²) < 4.78 is 108. The molecule has 4 atom stereocenters. The maximum atomic E-state index is 13.9. The van der Waals surface area contributed by atoms with E-state index in [0.717, 1.165) is 48.3 Å². The number of hydrogen-bond donors (Lipinski definition) is 3. The first kappa shape index (κ1) is 60.5. The van der Waals surface area contributed by atoms with Crippen LogP contribution in [0.15, 0.2) is 73.3 Å². The van der Waals surface area contributed by atoms with Crippen molar-refractivity contribution in [2.24, 2.45) is 16.6 Å². The fourth-order valence-electron chi connectivity index (χ4n) is 8.70. The largest absolute Gasteiger partial charge is 0.481 e. The van der Waals surface area contributed by atoms with Gasteiger partial charge < -0.3 is 26.0 Å². The molecular weight excluding hydrogens is 1010 g/mol. The standard InChI is InChI=1S/C26H30ClF4N3O2.C14H21ClN2O.C12H11F4NO2/c1-4-23(35)17-6-5-16(22(27)11-17)10-20(34(2)3)15-33-24(36)12-21(18-9-19(28)14-32-13-18)25(7-8-25)26(29,30)31;1-4-14(18)11-6-5-10(13(15)8-11)7-12(9-16)17(2)3;13-8-3-7(5-17-6-8)9(4-10(18)19)11(1-2-11)12(14,15)16/h5-6,9,11,13-14,20-21H,4,7-8,10,12,15H2,1-3H3,(H,33,36);5-6,8,12H,4,7,9,16H2,1-3H3;3,5-6,9H,1-2,4H2,(H,18,19)/t20-,21?;12-;/m00./s1. The number of aliphatic carboxylic acids is 1. The van der Waals surface area contributed by atoms with Gasteiger partial charge in [-0.05, 0) is 113 Å². The number of ketones is 2. The number of amides is 1. The number of nitrogens with one attached hydrogen (secondary N) is 1. The van der Waals surface area contributed by atoms with E-state index in [2.05, 4.69) is 20.2 Å². The summed E-state index contributed by atoms with van der Waals surface area (Å²) in [6.07, 6.45) is -4.42. The molecule has 0 aliphatic heterocycles. The molecule has 1 amide bonds. The van der Waals surface area contributed by atoms with Crippen LogP contribution in [0.4, 0.5) is 35.1 Å². The van der Waals surface area contributed by atoms with Crippen LogP contribution in [0.5, 0.6) is 0 Å². The molecule has 73 heavy (non-hydrogen) atoms. The van der Waals surface area contributed by atoms with E-state index in [9.17, 15) is 54.3 Å². The number of likely N-dealkylation sites (N-methyl/N-ethyl adjacent to an activating group) is 2. The number of halogens is 10. The van der Waals surface area contributed by atoms with Crippen LogP contribution in [0, 0.1) is 22.5 Å². The van der Waals surface area contributed by atoms with Crippen molar-refractivity contribution < 1.29 is 59.4 Å². The van der Waals surface area contributed by atoms with Gasteiger partial charge in [0.25, 0.3) is 0 Å². The number of benzene rings is 2. The van der Waals surface area contributed by atoms with Gasteiger partial charge in [0.2, 0.25) is 5.91 Å². The SMILES string of the molecule is CCC(=O)c1ccc(C[C@@H](CN)N(C)C)c(Cl)c1.CCC(=O)c1ccc(C[C@@H](CNC(=O)CC(c2cncc(F)c2)C2(C(F)(F)F)CC2)N(C)C)c(Cl)c1.O=C(O)CC(c1cncc(F)c1)C1(C(F)(F)F)CC1. The summed E-state index contributed by atoms with van der Waals surface area (Å²) in [6.45, 7) is 4.37. The van der Waals surface area contributed by atoms with Crippen LogP contribution in [0.25, 0.3) is 0 Å². The van der Waals surface area contributed by atoms with Crippen molar-refractivity contribution >= 4 is 46.6 Å². The van der Waals surface area contributed by atoms with Gasteiger partial charge >= 0.3 is 18.3 Å². The maximum absolute atomic E-state index is 13.9. The van der Waals surface area contributed by atoms with Gasteiger partial charge in [-0.15, -0.1) is 0 Å². The van der Waals surface area contributed by atoms with Crippen LogP contribution in [0.2, 0.25) is 10.0 Å². The van der Waals surface area contributed by atoms with E-state index in [4.69, 9.17) is 34.0 Å². The Morgan fingerprint density at radius 3 is 1.38 bits per heavy atom. The lowest BCUT2D eigenvalue weighted by Gasteiger charge is -2.30. The number of carbonyl (C=O) groups is 4. The zero-order valence-electron chi connectivity index (χ0n) is 41.4. The van der Waals surface area contributed by atoms with Crippen molar-refractivity contribution in [2.75, 3.05) is 41.3 Å². The summed E-state index contributed by atoms with van der Waals surface area (Å²) in [7, 11) is 7.65. The molecule has 4 aromatic rings. The number of Topliss-reactive ketones (excluding diaryl/α,β-unsaturated/α-hetero) is 2. The summed E-state index contributed by atoms with van der Waals surface area (Å²) in [5.74, 6) is -5.84. The van der Waals surface area contributed by atoms with Crippen LogP contribution in [-0.4, -0.2) is 114 Å². The molecule has 2 aromatic carbocycles. The molecule has 0 bridgehead atoms. The zero-order valence-corrected chi connectivity index (χ0v) is 43.0. The highest BCUT2D eigenvalue weighted by Crippen LogP contribution is 2.67. The fourth-order valence-corrected chi connectivity index (χ4v) is 9.21. The van der Waals surface area contributed by atoms with Crippen LogP contribution in [-0.2, 0) is 22.4 Å². The maximum Gasteiger partial charge on any atom is 0.395 e. The van der Waals surface area contributed by atoms with Crippen LogP contribution < -0.4 is 11.1 Å². The van der Waals surface area contributed by atoms with Gasteiger partial charge in [-0.1, -0.05) is 61.3 Å². The Morgan fingerprint density at radius 1 is 0.671 bits per heavy atom. The van der Waals surface area contributed by atoms with Gasteiger partial charge in [0.05, 0.1) is 29.6 Å². The minimum absolute atomic E-state index is 0.0165. The molecule has 2 aliphatic rings. The Balaban J connectivity index is 0.000000262.